The van der Waals surface area contributed by atoms with Gasteiger partial charge in [0.25, 0.3) is 5.91 Å². The first-order valence-electron chi connectivity index (χ1n) is 11.5. The number of phenolic OH excluding ortho intramolecular Hbond substituents is 1. The molecule has 5 rings (SSSR count). The third kappa shape index (κ3) is 3.27. The standard InChI is InChI=1S/C27H25NO7/c1-13(29)21-17(30)11-20-27(2,25(21)32)23-18(31)10-19(34-3)22(24(23)35-20)26(33)28-12-15-8-4-6-14-7-5-9-16(14)15/h4,6,8,10-11,21,31H,5,7,9,12H2,1-3H3,(H,28,33)/t21?,27-/m1/s1. The first-order chi connectivity index (χ1) is 16.7. The molecule has 1 heterocycles. The molecule has 3 aliphatic rings. The van der Waals surface area contributed by atoms with Gasteiger partial charge in [0.05, 0.1) is 12.7 Å². The molecule has 35 heavy (non-hydrogen) atoms. The normalized spacial score (nSPS) is 22.0. The fourth-order valence-corrected chi connectivity index (χ4v) is 5.48. The smallest absolute Gasteiger partial charge is 0.259 e. The summed E-state index contributed by atoms with van der Waals surface area (Å²) < 4.78 is 11.3. The SMILES string of the molecule is COc1cc(O)c2c(c1C(=O)NCc1cccc3c1CCC3)OC1=CC(=O)C(C(C)=O)C(=O)[C@]12C. The van der Waals surface area contributed by atoms with Crippen LogP contribution in [0.4, 0.5) is 0 Å². The molecule has 0 saturated heterocycles. The molecule has 1 amide bonds. The van der Waals surface area contributed by atoms with E-state index in [1.165, 1.54) is 38.2 Å². The van der Waals surface area contributed by atoms with Gasteiger partial charge in [-0.2, -0.15) is 0 Å². The zero-order chi connectivity index (χ0) is 25.1. The summed E-state index contributed by atoms with van der Waals surface area (Å²) in [6.07, 6.45) is 4.16. The van der Waals surface area contributed by atoms with Crippen LogP contribution in [-0.2, 0) is 39.2 Å². The maximum absolute atomic E-state index is 13.4. The van der Waals surface area contributed by atoms with Gasteiger partial charge in [-0.25, -0.2) is 0 Å². The van der Waals surface area contributed by atoms with Gasteiger partial charge in [-0.3, -0.25) is 19.2 Å². The van der Waals surface area contributed by atoms with Crippen molar-refractivity contribution in [1.82, 2.24) is 5.32 Å². The van der Waals surface area contributed by atoms with Crippen LogP contribution in [0, 0.1) is 5.92 Å². The molecular weight excluding hydrogens is 450 g/mol. The topological polar surface area (TPSA) is 119 Å². The van der Waals surface area contributed by atoms with Crippen LogP contribution in [-0.4, -0.2) is 35.5 Å². The summed E-state index contributed by atoms with van der Waals surface area (Å²) in [6, 6.07) is 7.30. The van der Waals surface area contributed by atoms with Gasteiger partial charge in [0.1, 0.15) is 39.9 Å². The number of hydrogen-bond acceptors (Lipinski definition) is 7. The number of methoxy groups -OCH3 is 1. The zero-order valence-electron chi connectivity index (χ0n) is 19.7. The highest BCUT2D eigenvalue weighted by molar-refractivity contribution is 6.27. The van der Waals surface area contributed by atoms with Crippen molar-refractivity contribution in [3.63, 3.8) is 0 Å². The predicted octanol–water partition coefficient (Wildman–Crippen LogP) is 2.71. The number of carbonyl (C=O) groups is 4. The van der Waals surface area contributed by atoms with Crippen LogP contribution >= 0.6 is 0 Å². The molecule has 0 saturated carbocycles. The van der Waals surface area contributed by atoms with Crippen LogP contribution in [0.5, 0.6) is 17.2 Å². The fraction of sp³-hybridized carbons (Fsp3) is 0.333. The summed E-state index contributed by atoms with van der Waals surface area (Å²) in [5, 5.41) is 13.7. The second-order valence-electron chi connectivity index (χ2n) is 9.31. The third-order valence-electron chi connectivity index (χ3n) is 7.28. The van der Waals surface area contributed by atoms with E-state index in [2.05, 4.69) is 11.4 Å². The molecule has 2 aromatic rings. The summed E-state index contributed by atoms with van der Waals surface area (Å²) in [7, 11) is 1.35. The number of ketones is 3. The molecule has 0 spiro atoms. The van der Waals surface area contributed by atoms with Gasteiger partial charge in [-0.1, -0.05) is 18.2 Å². The molecule has 0 radical (unpaired) electrons. The summed E-state index contributed by atoms with van der Waals surface area (Å²) in [5.41, 5.74) is 2.01. The maximum Gasteiger partial charge on any atom is 0.259 e. The molecule has 0 fully saturated rings. The van der Waals surface area contributed by atoms with E-state index in [1.807, 2.05) is 12.1 Å². The Kier molecular flexibility index (Phi) is 5.27. The minimum Gasteiger partial charge on any atom is -0.507 e. The van der Waals surface area contributed by atoms with Crippen molar-refractivity contribution in [1.29, 1.82) is 0 Å². The van der Waals surface area contributed by atoms with Gasteiger partial charge in [-0.05, 0) is 49.8 Å². The minimum atomic E-state index is -1.59. The number of benzene rings is 2. The Hall–Kier alpha value is -3.94. The van der Waals surface area contributed by atoms with Crippen molar-refractivity contribution in [2.24, 2.45) is 5.92 Å². The highest BCUT2D eigenvalue weighted by atomic mass is 16.5. The molecule has 8 nitrogen and oxygen atoms in total. The van der Waals surface area contributed by atoms with Gasteiger partial charge in [0, 0.05) is 18.7 Å². The molecule has 2 atom stereocenters. The molecule has 2 N–H and O–H groups in total. The number of amides is 1. The molecule has 180 valence electrons. The van der Waals surface area contributed by atoms with Gasteiger partial charge < -0.3 is 19.9 Å². The van der Waals surface area contributed by atoms with Crippen LogP contribution in [0.25, 0.3) is 0 Å². The largest absolute Gasteiger partial charge is 0.507 e. The van der Waals surface area contributed by atoms with Crippen molar-refractivity contribution in [2.75, 3.05) is 7.11 Å². The Labute approximate surface area is 201 Å². The zero-order valence-corrected chi connectivity index (χ0v) is 19.7. The first-order valence-corrected chi connectivity index (χ1v) is 11.5. The monoisotopic (exact) mass is 475 g/mol. The lowest BCUT2D eigenvalue weighted by molar-refractivity contribution is -0.140. The number of nitrogens with one attached hydrogen (secondary N) is 1. The van der Waals surface area contributed by atoms with Crippen molar-refractivity contribution >= 4 is 23.3 Å². The lowest BCUT2D eigenvalue weighted by atomic mass is 9.67. The number of allylic oxidation sites excluding steroid dienone is 2. The van der Waals surface area contributed by atoms with Crippen LogP contribution in [0.3, 0.4) is 0 Å². The average Bonchev–Trinajstić information content (AvgIpc) is 3.41. The van der Waals surface area contributed by atoms with E-state index in [4.69, 9.17) is 9.47 Å². The van der Waals surface area contributed by atoms with Crippen LogP contribution in [0.15, 0.2) is 36.1 Å². The number of phenols is 1. The molecule has 0 aromatic heterocycles. The number of carbonyl (C=O) groups excluding carboxylic acids is 4. The van der Waals surface area contributed by atoms with Gasteiger partial charge in [0.2, 0.25) is 0 Å². The Balaban J connectivity index is 1.56. The lowest BCUT2D eigenvalue weighted by Crippen LogP contribution is -2.47. The van der Waals surface area contributed by atoms with Crippen LogP contribution < -0.4 is 14.8 Å². The van der Waals surface area contributed by atoms with Crippen molar-refractivity contribution in [2.45, 2.75) is 45.1 Å². The van der Waals surface area contributed by atoms with Crippen LogP contribution in [0.1, 0.15) is 52.9 Å². The van der Waals surface area contributed by atoms with Gasteiger partial charge >= 0.3 is 0 Å². The second kappa shape index (κ2) is 8.08. The number of fused-ring (bicyclic) bond motifs is 4. The van der Waals surface area contributed by atoms with E-state index >= 15 is 0 Å². The highest BCUT2D eigenvalue weighted by Gasteiger charge is 2.58. The van der Waals surface area contributed by atoms with E-state index in [0.717, 1.165) is 30.9 Å². The van der Waals surface area contributed by atoms with E-state index < -0.39 is 34.6 Å². The van der Waals surface area contributed by atoms with E-state index in [-0.39, 0.29) is 40.7 Å². The molecule has 2 aromatic carbocycles. The molecule has 0 bridgehead atoms. The third-order valence-corrected chi connectivity index (χ3v) is 7.28. The Bertz CT molecular complexity index is 1360. The highest BCUT2D eigenvalue weighted by Crippen LogP contribution is 2.56. The Morgan fingerprint density at radius 1 is 1.26 bits per heavy atom. The maximum atomic E-state index is 13.4. The molecular formula is C27H25NO7. The molecule has 1 unspecified atom stereocenters. The Morgan fingerprint density at radius 3 is 2.74 bits per heavy atom. The number of aromatic hydroxyl groups is 1. The van der Waals surface area contributed by atoms with Crippen molar-refractivity contribution in [3.05, 3.63) is 63.9 Å². The number of aryl methyl sites for hydroxylation is 1. The van der Waals surface area contributed by atoms with E-state index in [9.17, 15) is 24.3 Å². The van der Waals surface area contributed by atoms with Crippen molar-refractivity contribution in [3.8, 4) is 17.2 Å². The second-order valence-corrected chi connectivity index (χ2v) is 9.31. The van der Waals surface area contributed by atoms with Crippen molar-refractivity contribution < 1.29 is 33.8 Å². The average molecular weight is 475 g/mol. The quantitative estimate of drug-likeness (QED) is 0.638. The number of hydrogen-bond donors (Lipinski definition) is 2. The Morgan fingerprint density at radius 2 is 2.03 bits per heavy atom. The first kappa shape index (κ1) is 22.8. The summed E-state index contributed by atoms with van der Waals surface area (Å²) in [6.45, 7) is 2.94. The number of Topliss-reactive ketones (excluding diaryl/α,β-unsaturated/α-hetero) is 2. The van der Waals surface area contributed by atoms with Gasteiger partial charge in [-0.15, -0.1) is 0 Å². The van der Waals surface area contributed by atoms with E-state index in [0.29, 0.717) is 0 Å². The lowest BCUT2D eigenvalue weighted by Gasteiger charge is -2.30. The summed E-state index contributed by atoms with van der Waals surface area (Å²) >= 11 is 0. The fourth-order valence-electron chi connectivity index (χ4n) is 5.48. The molecule has 1 aliphatic heterocycles. The summed E-state index contributed by atoms with van der Waals surface area (Å²) in [4.78, 5) is 51.3. The molecule has 8 heteroatoms. The molecule has 2 aliphatic carbocycles. The number of ether oxygens (including phenoxy) is 2. The van der Waals surface area contributed by atoms with E-state index in [1.54, 1.807) is 0 Å². The number of rotatable bonds is 5. The minimum absolute atomic E-state index is 0.00373. The van der Waals surface area contributed by atoms with Gasteiger partial charge in [0.15, 0.2) is 17.3 Å². The summed E-state index contributed by atoms with van der Waals surface area (Å²) in [5.74, 6) is -4.33. The van der Waals surface area contributed by atoms with Crippen LogP contribution in [0.2, 0.25) is 0 Å². The predicted molar refractivity (Wildman–Crippen MR) is 125 cm³/mol.